The van der Waals surface area contributed by atoms with E-state index in [1.165, 1.54) is 0 Å². The molecule has 9 rings (SSSR count). The van der Waals surface area contributed by atoms with Crippen molar-refractivity contribution >= 4 is 0 Å². The van der Waals surface area contributed by atoms with Crippen LogP contribution in [0.15, 0.2) is 176 Å². The molecular weight excluding hydrogens is 651 g/mol. The largest absolute Gasteiger partial charge is 0.452 e. The van der Waals surface area contributed by atoms with Gasteiger partial charge in [0.2, 0.25) is 5.79 Å². The molecule has 1 aliphatic heterocycles. The molecule has 3 aromatic heterocycles. The average molecular weight is 686 g/mol. The Kier molecular flexibility index (Phi) is 8.09. The van der Waals surface area contributed by atoms with E-state index < -0.39 is 5.79 Å². The van der Waals surface area contributed by atoms with Crippen LogP contribution in [0.1, 0.15) is 13.8 Å². The van der Waals surface area contributed by atoms with Crippen molar-refractivity contribution in [3.8, 4) is 89.6 Å². The second kappa shape index (κ2) is 13.4. The highest BCUT2D eigenvalue weighted by Gasteiger charge is 2.30. The van der Waals surface area contributed by atoms with E-state index in [2.05, 4.69) is 113 Å². The van der Waals surface area contributed by atoms with Crippen molar-refractivity contribution in [2.75, 3.05) is 0 Å². The normalized spacial score (nSPS) is 12.8. The van der Waals surface area contributed by atoms with E-state index in [1.807, 2.05) is 74.8 Å². The second-order valence-corrected chi connectivity index (χ2v) is 13.7. The first-order chi connectivity index (χ1) is 26.0. The van der Waals surface area contributed by atoms with Gasteiger partial charge in [0.05, 0.1) is 11.4 Å². The van der Waals surface area contributed by atoms with Gasteiger partial charge >= 0.3 is 0 Å². The van der Waals surface area contributed by atoms with Gasteiger partial charge in [-0.3, -0.25) is 9.97 Å². The molecule has 254 valence electrons. The highest BCUT2D eigenvalue weighted by atomic mass is 16.7. The lowest BCUT2D eigenvalue weighted by Crippen LogP contribution is -2.34. The van der Waals surface area contributed by atoms with Gasteiger partial charge in [0.15, 0.2) is 0 Å². The Hall–Kier alpha value is -6.85. The molecule has 0 spiro atoms. The minimum atomic E-state index is -0.881. The molecule has 0 bridgehead atoms. The zero-order valence-corrected chi connectivity index (χ0v) is 29.4. The molecule has 5 nitrogen and oxygen atoms in total. The van der Waals surface area contributed by atoms with Crippen LogP contribution < -0.4 is 9.47 Å². The molecular formula is C48H35N3O2. The van der Waals surface area contributed by atoms with Crippen LogP contribution in [-0.4, -0.2) is 20.7 Å². The predicted molar refractivity (Wildman–Crippen MR) is 213 cm³/mol. The number of rotatable bonds is 6. The van der Waals surface area contributed by atoms with Crippen LogP contribution in [0.5, 0.6) is 11.5 Å². The molecule has 5 aromatic carbocycles. The summed E-state index contributed by atoms with van der Waals surface area (Å²) in [4.78, 5) is 13.9. The van der Waals surface area contributed by atoms with E-state index >= 15 is 0 Å². The van der Waals surface area contributed by atoms with E-state index in [9.17, 15) is 0 Å². The summed E-state index contributed by atoms with van der Waals surface area (Å²) in [6, 6.07) is 52.6. The number of fused-ring (bicyclic) bond motifs is 3. The Morgan fingerprint density at radius 2 is 0.792 bits per heavy atom. The van der Waals surface area contributed by atoms with Gasteiger partial charge in [-0.05, 0) is 100 Å². The first-order valence-electron chi connectivity index (χ1n) is 17.7. The van der Waals surface area contributed by atoms with Gasteiger partial charge in [0.25, 0.3) is 0 Å². The predicted octanol–water partition coefficient (Wildman–Crippen LogP) is 12.0. The average Bonchev–Trinajstić information content (AvgIpc) is 3.33. The molecule has 0 N–H and O–H groups in total. The van der Waals surface area contributed by atoms with E-state index in [0.29, 0.717) is 0 Å². The number of benzene rings is 5. The Labute approximate surface area is 309 Å². The molecule has 0 aliphatic carbocycles. The highest BCUT2D eigenvalue weighted by Crippen LogP contribution is 2.46. The summed E-state index contributed by atoms with van der Waals surface area (Å²) in [6.45, 7) is 3.90. The molecule has 5 heteroatoms. The summed E-state index contributed by atoms with van der Waals surface area (Å²) in [5.41, 5.74) is 14.4. The lowest BCUT2D eigenvalue weighted by Gasteiger charge is -2.25. The number of pyridine rings is 3. The Morgan fingerprint density at radius 3 is 1.23 bits per heavy atom. The minimum absolute atomic E-state index is 0.759. The summed E-state index contributed by atoms with van der Waals surface area (Å²) in [5, 5.41) is 0. The van der Waals surface area contributed by atoms with E-state index in [4.69, 9.17) is 14.5 Å². The Balaban J connectivity index is 1.21. The van der Waals surface area contributed by atoms with Crippen molar-refractivity contribution in [2.24, 2.45) is 0 Å². The van der Waals surface area contributed by atoms with Crippen molar-refractivity contribution in [1.82, 2.24) is 15.0 Å². The third-order valence-electron chi connectivity index (χ3n) is 9.51. The SMILES string of the molecule is CC1(C)Oc2ccc(-c3cc(-c4cccnc4)cc(-c4cccnc4)c3)cc2-c2cc(-c3cc(-c4ccccc4)nc(-c4ccccc4)c3)ccc2O1. The summed E-state index contributed by atoms with van der Waals surface area (Å²) < 4.78 is 13.1. The number of aromatic nitrogens is 3. The lowest BCUT2D eigenvalue weighted by atomic mass is 9.91. The van der Waals surface area contributed by atoms with Gasteiger partial charge in [-0.25, -0.2) is 4.98 Å². The van der Waals surface area contributed by atoms with Crippen LogP contribution in [0, 0.1) is 0 Å². The molecule has 1 aliphatic rings. The van der Waals surface area contributed by atoms with Crippen molar-refractivity contribution in [3.05, 3.63) is 176 Å². The molecule has 0 amide bonds. The molecule has 0 saturated heterocycles. The fourth-order valence-electron chi connectivity index (χ4n) is 6.97. The zero-order valence-electron chi connectivity index (χ0n) is 29.4. The van der Waals surface area contributed by atoms with Crippen molar-refractivity contribution < 1.29 is 9.47 Å². The van der Waals surface area contributed by atoms with Crippen LogP contribution in [0.25, 0.3) is 78.1 Å². The van der Waals surface area contributed by atoms with Gasteiger partial charge in [-0.1, -0.05) is 84.9 Å². The summed E-state index contributed by atoms with van der Waals surface area (Å²) in [7, 11) is 0. The number of hydrogen-bond acceptors (Lipinski definition) is 5. The third kappa shape index (κ3) is 6.57. The van der Waals surface area contributed by atoms with Crippen molar-refractivity contribution in [3.63, 3.8) is 0 Å². The number of ether oxygens (including phenoxy) is 2. The maximum absolute atomic E-state index is 6.55. The molecule has 8 aromatic rings. The molecule has 53 heavy (non-hydrogen) atoms. The third-order valence-corrected chi connectivity index (χ3v) is 9.51. The van der Waals surface area contributed by atoms with Gasteiger partial charge in [-0.2, -0.15) is 0 Å². The van der Waals surface area contributed by atoms with E-state index in [0.717, 1.165) is 89.6 Å². The smallest absolute Gasteiger partial charge is 0.245 e. The van der Waals surface area contributed by atoms with E-state index in [1.54, 1.807) is 12.4 Å². The first kappa shape index (κ1) is 32.1. The molecule has 0 radical (unpaired) electrons. The molecule has 4 heterocycles. The standard InChI is InChI=1S/C48H35N3O2/c1-48(2)52-46-19-17-34(38-23-39(36-15-9-21-49-30-36)25-40(24-38)37-16-10-22-50-31-37)26-42(46)43-27-35(18-20-47(43)53-48)41-28-44(32-11-5-3-6-12-32)51-45(29-41)33-13-7-4-8-14-33/h3-31H,1-2H3. The zero-order chi connectivity index (χ0) is 35.8. The molecule has 0 atom stereocenters. The lowest BCUT2D eigenvalue weighted by molar-refractivity contribution is -0.0778. The Morgan fingerprint density at radius 1 is 0.377 bits per heavy atom. The monoisotopic (exact) mass is 685 g/mol. The van der Waals surface area contributed by atoms with Crippen molar-refractivity contribution in [2.45, 2.75) is 19.6 Å². The molecule has 0 unspecified atom stereocenters. The fraction of sp³-hybridized carbons (Fsp3) is 0.0625. The fourth-order valence-corrected chi connectivity index (χ4v) is 6.97. The van der Waals surface area contributed by atoms with Crippen LogP contribution >= 0.6 is 0 Å². The van der Waals surface area contributed by atoms with Crippen LogP contribution in [-0.2, 0) is 0 Å². The number of nitrogens with zero attached hydrogens (tertiary/aromatic N) is 3. The highest BCUT2D eigenvalue weighted by molar-refractivity contribution is 5.88. The summed E-state index contributed by atoms with van der Waals surface area (Å²) >= 11 is 0. The maximum atomic E-state index is 6.55. The number of hydrogen-bond donors (Lipinski definition) is 0. The van der Waals surface area contributed by atoms with Gasteiger partial charge in [0, 0.05) is 72.0 Å². The summed E-state index contributed by atoms with van der Waals surface area (Å²) in [6.07, 6.45) is 7.40. The molecule has 0 saturated carbocycles. The second-order valence-electron chi connectivity index (χ2n) is 13.7. The summed E-state index contributed by atoms with van der Waals surface area (Å²) in [5.74, 6) is 0.639. The maximum Gasteiger partial charge on any atom is 0.245 e. The van der Waals surface area contributed by atoms with Gasteiger partial charge in [-0.15, -0.1) is 0 Å². The van der Waals surface area contributed by atoms with Crippen LogP contribution in [0.4, 0.5) is 0 Å². The van der Waals surface area contributed by atoms with Gasteiger partial charge in [0.1, 0.15) is 11.5 Å². The Bertz CT molecular complexity index is 2280. The topological polar surface area (TPSA) is 57.1 Å². The van der Waals surface area contributed by atoms with E-state index in [-0.39, 0.29) is 0 Å². The van der Waals surface area contributed by atoms with Crippen molar-refractivity contribution in [1.29, 1.82) is 0 Å². The van der Waals surface area contributed by atoms with Gasteiger partial charge < -0.3 is 9.47 Å². The quantitative estimate of drug-likeness (QED) is 0.174. The van der Waals surface area contributed by atoms with Crippen LogP contribution in [0.3, 0.4) is 0 Å². The first-order valence-corrected chi connectivity index (χ1v) is 17.7. The molecule has 0 fully saturated rings. The van der Waals surface area contributed by atoms with Crippen LogP contribution in [0.2, 0.25) is 0 Å². The minimum Gasteiger partial charge on any atom is -0.452 e.